The first-order valence-electron chi connectivity index (χ1n) is 12.4. The molecule has 0 spiro atoms. The highest BCUT2D eigenvalue weighted by atomic mass is 19.1. The zero-order chi connectivity index (χ0) is 25.7. The van der Waals surface area contributed by atoms with E-state index < -0.39 is 0 Å². The second kappa shape index (κ2) is 11.5. The lowest BCUT2D eigenvalue weighted by atomic mass is 9.76. The Hall–Kier alpha value is -3.44. The van der Waals surface area contributed by atoms with Crippen LogP contribution < -0.4 is 9.64 Å². The summed E-state index contributed by atoms with van der Waals surface area (Å²) in [6, 6.07) is 22.7. The summed E-state index contributed by atoms with van der Waals surface area (Å²) < 4.78 is 18.9. The minimum absolute atomic E-state index is 0.0718. The maximum absolute atomic E-state index is 14.0. The van der Waals surface area contributed by atoms with E-state index in [4.69, 9.17) is 4.74 Å². The third-order valence-corrected chi connectivity index (χ3v) is 7.15. The van der Waals surface area contributed by atoms with Crippen LogP contribution in [0.5, 0.6) is 5.75 Å². The molecule has 3 aromatic rings. The largest absolute Gasteiger partial charge is 0.497 e. The molecule has 36 heavy (non-hydrogen) atoms. The number of halogens is 1. The van der Waals surface area contributed by atoms with Gasteiger partial charge in [-0.1, -0.05) is 48.6 Å². The van der Waals surface area contributed by atoms with E-state index in [-0.39, 0.29) is 29.5 Å². The predicted molar refractivity (Wildman–Crippen MR) is 144 cm³/mol. The minimum atomic E-state index is -0.269. The molecular weight excluding hydrogens is 451 g/mol. The van der Waals surface area contributed by atoms with Crippen molar-refractivity contribution in [1.82, 2.24) is 4.90 Å². The zero-order valence-corrected chi connectivity index (χ0v) is 21.5. The van der Waals surface area contributed by atoms with Crippen molar-refractivity contribution >= 4 is 11.5 Å². The van der Waals surface area contributed by atoms with Gasteiger partial charge in [-0.05, 0) is 66.4 Å². The number of rotatable bonds is 7. The zero-order valence-electron chi connectivity index (χ0n) is 21.5. The fourth-order valence-electron chi connectivity index (χ4n) is 4.91. The van der Waals surface area contributed by atoms with Crippen LogP contribution in [0.25, 0.3) is 0 Å². The summed E-state index contributed by atoms with van der Waals surface area (Å²) in [5.41, 5.74) is 4.36. The SMILES string of the molecule is COc1ccc([C@@H]2/C=C\CN(Cc3ccc(N(C)C)cc3)[C@@H](C)C(=O)[C@H]2Cc2ccc(F)cc2)cc1. The third kappa shape index (κ3) is 6.03. The Morgan fingerprint density at radius 2 is 1.58 bits per heavy atom. The second-order valence-corrected chi connectivity index (χ2v) is 9.73. The fraction of sp³-hybridized carbons (Fsp3) is 0.323. The molecule has 5 heteroatoms. The van der Waals surface area contributed by atoms with E-state index in [0.717, 1.165) is 22.6 Å². The van der Waals surface area contributed by atoms with E-state index in [2.05, 4.69) is 46.2 Å². The number of ether oxygens (including phenoxy) is 1. The van der Waals surface area contributed by atoms with Crippen LogP contribution in [0, 0.1) is 11.7 Å². The number of methoxy groups -OCH3 is 1. The summed E-state index contributed by atoms with van der Waals surface area (Å²) in [5, 5.41) is 0. The number of allylic oxidation sites excluding steroid dienone is 1. The van der Waals surface area contributed by atoms with Crippen LogP contribution in [0.4, 0.5) is 10.1 Å². The molecule has 0 saturated heterocycles. The molecule has 188 valence electrons. The van der Waals surface area contributed by atoms with Crippen LogP contribution in [0.3, 0.4) is 0 Å². The number of Topliss-reactive ketones (excluding diaryl/α,β-unsaturated/α-hetero) is 1. The molecule has 1 heterocycles. The van der Waals surface area contributed by atoms with Gasteiger partial charge in [0.15, 0.2) is 5.78 Å². The van der Waals surface area contributed by atoms with Crippen molar-refractivity contribution < 1.29 is 13.9 Å². The maximum atomic E-state index is 14.0. The first-order valence-corrected chi connectivity index (χ1v) is 12.4. The summed E-state index contributed by atoms with van der Waals surface area (Å²) >= 11 is 0. The van der Waals surface area contributed by atoms with Gasteiger partial charge >= 0.3 is 0 Å². The van der Waals surface area contributed by atoms with Gasteiger partial charge in [-0.2, -0.15) is 0 Å². The standard InChI is InChI=1S/C31H35FN2O2/c1-22-31(35)30(20-23-7-13-26(32)14-8-23)29(25-11-17-28(36-4)18-12-25)6-5-19-34(22)21-24-9-15-27(16-10-24)33(2)3/h5-18,22,29-30H,19-21H2,1-4H3/b6-5-/t22-,29-,30-/m0/s1. The minimum Gasteiger partial charge on any atom is -0.497 e. The lowest BCUT2D eigenvalue weighted by molar-refractivity contribution is -0.128. The number of hydrogen-bond acceptors (Lipinski definition) is 4. The summed E-state index contributed by atoms with van der Waals surface area (Å²) in [4.78, 5) is 18.3. The monoisotopic (exact) mass is 486 g/mol. The molecule has 0 bridgehead atoms. The molecule has 0 aromatic heterocycles. The molecule has 0 unspecified atom stereocenters. The Labute approximate surface area is 214 Å². The summed E-state index contributed by atoms with van der Waals surface area (Å²) in [6.07, 6.45) is 4.90. The molecule has 4 nitrogen and oxygen atoms in total. The van der Waals surface area contributed by atoms with Gasteiger partial charge < -0.3 is 9.64 Å². The average Bonchev–Trinajstić information content (AvgIpc) is 2.89. The highest BCUT2D eigenvalue weighted by Crippen LogP contribution is 2.34. The Bertz CT molecular complexity index is 1170. The number of hydrogen-bond donors (Lipinski definition) is 0. The number of nitrogens with zero attached hydrogens (tertiary/aromatic N) is 2. The highest BCUT2D eigenvalue weighted by Gasteiger charge is 2.35. The Balaban J connectivity index is 1.64. The molecule has 3 atom stereocenters. The molecule has 1 aliphatic heterocycles. The van der Waals surface area contributed by atoms with E-state index in [1.54, 1.807) is 19.2 Å². The third-order valence-electron chi connectivity index (χ3n) is 7.15. The average molecular weight is 487 g/mol. The van der Waals surface area contributed by atoms with Gasteiger partial charge in [0, 0.05) is 44.7 Å². The maximum Gasteiger partial charge on any atom is 0.154 e. The molecule has 0 radical (unpaired) electrons. The molecule has 0 fully saturated rings. The van der Waals surface area contributed by atoms with Crippen LogP contribution >= 0.6 is 0 Å². The predicted octanol–water partition coefficient (Wildman–Crippen LogP) is 5.87. The van der Waals surface area contributed by atoms with Crippen LogP contribution in [-0.4, -0.2) is 44.5 Å². The first kappa shape index (κ1) is 25.6. The number of ketones is 1. The summed E-state index contributed by atoms with van der Waals surface area (Å²) in [6.45, 7) is 3.40. The Morgan fingerprint density at radius 3 is 2.19 bits per heavy atom. The van der Waals surface area contributed by atoms with E-state index in [0.29, 0.717) is 19.5 Å². The smallest absolute Gasteiger partial charge is 0.154 e. The molecular formula is C31H35FN2O2. The van der Waals surface area contributed by atoms with Gasteiger partial charge in [-0.25, -0.2) is 4.39 Å². The number of benzene rings is 3. The topological polar surface area (TPSA) is 32.8 Å². The molecule has 0 N–H and O–H groups in total. The van der Waals surface area contributed by atoms with Crippen molar-refractivity contribution in [2.24, 2.45) is 5.92 Å². The van der Waals surface area contributed by atoms with Gasteiger partial charge in [0.1, 0.15) is 11.6 Å². The second-order valence-electron chi connectivity index (χ2n) is 9.73. The van der Waals surface area contributed by atoms with Gasteiger partial charge in [0.25, 0.3) is 0 Å². The van der Waals surface area contributed by atoms with Gasteiger partial charge in [0.05, 0.1) is 13.2 Å². The fourth-order valence-corrected chi connectivity index (χ4v) is 4.91. The molecule has 4 rings (SSSR count). The molecule has 0 saturated carbocycles. The lowest BCUT2D eigenvalue weighted by Crippen LogP contribution is -2.44. The van der Waals surface area contributed by atoms with Crippen LogP contribution in [0.15, 0.2) is 84.9 Å². The van der Waals surface area contributed by atoms with E-state index >= 15 is 0 Å². The van der Waals surface area contributed by atoms with Crippen LogP contribution in [-0.2, 0) is 17.8 Å². The summed E-state index contributed by atoms with van der Waals surface area (Å²) in [7, 11) is 5.70. The van der Waals surface area contributed by atoms with E-state index in [1.165, 1.54) is 17.7 Å². The lowest BCUT2D eigenvalue weighted by Gasteiger charge is -2.35. The molecule has 1 aliphatic rings. The van der Waals surface area contributed by atoms with Crippen molar-refractivity contribution in [2.45, 2.75) is 31.8 Å². The van der Waals surface area contributed by atoms with Crippen molar-refractivity contribution in [3.05, 3.63) is 107 Å². The Kier molecular flexibility index (Phi) is 8.21. The number of carbonyl (C=O) groups excluding carboxylic acids is 1. The van der Waals surface area contributed by atoms with Crippen molar-refractivity contribution in [2.75, 3.05) is 32.6 Å². The summed E-state index contributed by atoms with van der Waals surface area (Å²) in [5.74, 6) is 0.379. The van der Waals surface area contributed by atoms with Crippen LogP contribution in [0.2, 0.25) is 0 Å². The van der Waals surface area contributed by atoms with Gasteiger partial charge in [0.2, 0.25) is 0 Å². The normalized spacial score (nSPS) is 21.5. The van der Waals surface area contributed by atoms with E-state index in [9.17, 15) is 9.18 Å². The van der Waals surface area contributed by atoms with Crippen molar-refractivity contribution in [3.8, 4) is 5.75 Å². The first-order chi connectivity index (χ1) is 17.4. The number of carbonyl (C=O) groups is 1. The van der Waals surface area contributed by atoms with Crippen molar-refractivity contribution in [3.63, 3.8) is 0 Å². The quantitative estimate of drug-likeness (QED) is 0.391. The van der Waals surface area contributed by atoms with Gasteiger partial charge in [-0.3, -0.25) is 9.69 Å². The number of anilines is 1. The Morgan fingerprint density at radius 1 is 0.944 bits per heavy atom. The van der Waals surface area contributed by atoms with Crippen molar-refractivity contribution in [1.29, 1.82) is 0 Å². The van der Waals surface area contributed by atoms with Gasteiger partial charge in [-0.15, -0.1) is 0 Å². The molecule has 0 aliphatic carbocycles. The molecule has 0 amide bonds. The van der Waals surface area contributed by atoms with E-state index in [1.807, 2.05) is 45.3 Å². The highest BCUT2D eigenvalue weighted by molar-refractivity contribution is 5.87. The van der Waals surface area contributed by atoms with Crippen LogP contribution in [0.1, 0.15) is 29.5 Å². The molecule has 3 aromatic carbocycles.